The van der Waals surface area contributed by atoms with Gasteiger partial charge in [0, 0.05) is 17.9 Å². The summed E-state index contributed by atoms with van der Waals surface area (Å²) in [5.41, 5.74) is 0.936. The van der Waals surface area contributed by atoms with Crippen LogP contribution in [-0.4, -0.2) is 21.1 Å². The highest BCUT2D eigenvalue weighted by Crippen LogP contribution is 2.17. The van der Waals surface area contributed by atoms with E-state index in [2.05, 4.69) is 20.6 Å². The Balaban J connectivity index is 1.82. The molecule has 0 atom stereocenters. The van der Waals surface area contributed by atoms with Gasteiger partial charge in [-0.1, -0.05) is 32.1 Å². The van der Waals surface area contributed by atoms with Gasteiger partial charge >= 0.3 is 0 Å². The third-order valence-electron chi connectivity index (χ3n) is 3.46. The Morgan fingerprint density at radius 3 is 2.58 bits per heavy atom. The largest absolute Gasteiger partial charge is 0.360 e. The summed E-state index contributed by atoms with van der Waals surface area (Å²) in [4.78, 5) is 8.45. The summed E-state index contributed by atoms with van der Waals surface area (Å²) in [5.74, 6) is 0.573. The fraction of sp³-hybridized carbons (Fsp3) is 0.643. The van der Waals surface area contributed by atoms with E-state index in [0.29, 0.717) is 17.1 Å². The number of anilines is 1. The number of nitrogens with zero attached hydrogens (tertiary/aromatic N) is 2. The fourth-order valence-electron chi connectivity index (χ4n) is 2.43. The molecule has 1 aromatic heterocycles. The van der Waals surface area contributed by atoms with Crippen molar-refractivity contribution in [3.63, 3.8) is 0 Å². The van der Waals surface area contributed by atoms with Crippen LogP contribution in [0.2, 0.25) is 0 Å². The van der Waals surface area contributed by atoms with Crippen LogP contribution in [0, 0.1) is 6.92 Å². The second-order valence-corrected chi connectivity index (χ2v) is 5.57. The van der Waals surface area contributed by atoms with E-state index in [-0.39, 0.29) is 0 Å². The number of aryl methyl sites for hydroxylation is 1. The van der Waals surface area contributed by atoms with Crippen molar-refractivity contribution in [1.82, 2.24) is 15.3 Å². The Labute approximate surface area is 120 Å². The van der Waals surface area contributed by atoms with Crippen molar-refractivity contribution in [2.24, 2.45) is 0 Å². The average molecular weight is 278 g/mol. The summed E-state index contributed by atoms with van der Waals surface area (Å²) in [6.07, 6.45) is 10.8. The van der Waals surface area contributed by atoms with Crippen molar-refractivity contribution in [1.29, 1.82) is 0 Å². The van der Waals surface area contributed by atoms with Crippen molar-refractivity contribution in [3.05, 3.63) is 18.0 Å². The maximum absolute atomic E-state index is 5.34. The standard InChI is InChI=1S/C14H22N4S/c1-11-9-10-15-13(16-11)18-14(19)17-12-7-5-3-2-4-6-8-12/h9-10,12H,2-8H2,1H3,(H2,15,16,17,18,19). The Bertz CT molecular complexity index is 414. The Kier molecular flexibility index (Phi) is 5.51. The summed E-state index contributed by atoms with van der Waals surface area (Å²) >= 11 is 5.34. The van der Waals surface area contributed by atoms with E-state index in [1.807, 2.05) is 13.0 Å². The monoisotopic (exact) mass is 278 g/mol. The molecule has 104 valence electrons. The van der Waals surface area contributed by atoms with Crippen molar-refractivity contribution in [2.45, 2.75) is 57.9 Å². The third-order valence-corrected chi connectivity index (χ3v) is 3.68. The van der Waals surface area contributed by atoms with E-state index in [0.717, 1.165) is 5.69 Å². The van der Waals surface area contributed by atoms with Crippen LogP contribution in [0.25, 0.3) is 0 Å². The van der Waals surface area contributed by atoms with Gasteiger partial charge < -0.3 is 10.6 Å². The van der Waals surface area contributed by atoms with Gasteiger partial charge in [0.1, 0.15) is 0 Å². The lowest BCUT2D eigenvalue weighted by molar-refractivity contribution is 0.429. The van der Waals surface area contributed by atoms with E-state index in [4.69, 9.17) is 12.2 Å². The molecule has 1 aliphatic rings. The first-order chi connectivity index (χ1) is 9.24. The van der Waals surface area contributed by atoms with Crippen molar-refractivity contribution in [2.75, 3.05) is 5.32 Å². The van der Waals surface area contributed by atoms with Gasteiger partial charge in [0.2, 0.25) is 5.95 Å². The molecule has 19 heavy (non-hydrogen) atoms. The average Bonchev–Trinajstić information content (AvgIpc) is 2.32. The predicted octanol–water partition coefficient (Wildman–Crippen LogP) is 3.18. The molecule has 0 unspecified atom stereocenters. The summed E-state index contributed by atoms with van der Waals surface area (Å²) in [7, 11) is 0. The highest BCUT2D eigenvalue weighted by atomic mass is 32.1. The highest BCUT2D eigenvalue weighted by molar-refractivity contribution is 7.80. The van der Waals surface area contributed by atoms with E-state index in [1.165, 1.54) is 44.9 Å². The number of aromatic nitrogens is 2. The highest BCUT2D eigenvalue weighted by Gasteiger charge is 2.12. The second-order valence-electron chi connectivity index (χ2n) is 5.16. The molecule has 1 fully saturated rings. The van der Waals surface area contributed by atoms with E-state index in [9.17, 15) is 0 Å². The van der Waals surface area contributed by atoms with E-state index < -0.39 is 0 Å². The molecule has 0 spiro atoms. The molecule has 1 aromatic rings. The Morgan fingerprint density at radius 2 is 1.89 bits per heavy atom. The van der Waals surface area contributed by atoms with Crippen LogP contribution < -0.4 is 10.6 Å². The third kappa shape index (κ3) is 5.11. The van der Waals surface area contributed by atoms with Gasteiger partial charge in [0.05, 0.1) is 0 Å². The normalized spacial score (nSPS) is 17.3. The smallest absolute Gasteiger partial charge is 0.229 e. The summed E-state index contributed by atoms with van der Waals surface area (Å²) < 4.78 is 0. The lowest BCUT2D eigenvalue weighted by Gasteiger charge is -2.22. The van der Waals surface area contributed by atoms with Gasteiger partial charge in [0.25, 0.3) is 0 Å². The van der Waals surface area contributed by atoms with Crippen molar-refractivity contribution < 1.29 is 0 Å². The zero-order chi connectivity index (χ0) is 13.5. The number of thiocarbonyl (C=S) groups is 1. The van der Waals surface area contributed by atoms with E-state index in [1.54, 1.807) is 6.20 Å². The first kappa shape index (κ1) is 14.2. The number of rotatable bonds is 2. The van der Waals surface area contributed by atoms with Crippen LogP contribution in [0.3, 0.4) is 0 Å². The van der Waals surface area contributed by atoms with Crippen LogP contribution in [0.15, 0.2) is 12.3 Å². The molecule has 1 heterocycles. The maximum atomic E-state index is 5.34. The first-order valence-electron chi connectivity index (χ1n) is 7.11. The number of hydrogen-bond donors (Lipinski definition) is 2. The number of nitrogens with one attached hydrogen (secondary N) is 2. The molecule has 0 bridgehead atoms. The molecule has 1 aliphatic carbocycles. The van der Waals surface area contributed by atoms with Gasteiger partial charge in [0.15, 0.2) is 5.11 Å². The van der Waals surface area contributed by atoms with E-state index >= 15 is 0 Å². The van der Waals surface area contributed by atoms with Gasteiger partial charge in [-0.2, -0.15) is 0 Å². The molecule has 0 aliphatic heterocycles. The lowest BCUT2D eigenvalue weighted by atomic mass is 9.97. The molecule has 0 radical (unpaired) electrons. The zero-order valence-electron chi connectivity index (χ0n) is 11.5. The number of hydrogen-bond acceptors (Lipinski definition) is 3. The molecule has 0 aromatic carbocycles. The predicted molar refractivity (Wildman–Crippen MR) is 82.2 cm³/mol. The van der Waals surface area contributed by atoms with Crippen molar-refractivity contribution >= 4 is 23.3 Å². The summed E-state index contributed by atoms with van der Waals surface area (Å²) in [6.45, 7) is 1.94. The summed E-state index contributed by atoms with van der Waals surface area (Å²) in [6, 6.07) is 2.36. The quantitative estimate of drug-likeness (QED) is 0.814. The second kappa shape index (κ2) is 7.38. The van der Waals surface area contributed by atoms with Crippen molar-refractivity contribution in [3.8, 4) is 0 Å². The minimum atomic E-state index is 0.491. The first-order valence-corrected chi connectivity index (χ1v) is 7.52. The Morgan fingerprint density at radius 1 is 1.21 bits per heavy atom. The molecule has 0 amide bonds. The SMILES string of the molecule is Cc1ccnc(NC(=S)NC2CCCCCCC2)n1. The van der Waals surface area contributed by atoms with Crippen LogP contribution in [0.5, 0.6) is 0 Å². The fourth-order valence-corrected chi connectivity index (χ4v) is 2.69. The molecular weight excluding hydrogens is 256 g/mol. The van der Waals surface area contributed by atoms with Crippen LogP contribution in [0.1, 0.15) is 50.6 Å². The van der Waals surface area contributed by atoms with Crippen LogP contribution in [0.4, 0.5) is 5.95 Å². The van der Waals surface area contributed by atoms with Gasteiger partial charge in [-0.25, -0.2) is 9.97 Å². The van der Waals surface area contributed by atoms with Gasteiger partial charge in [-0.3, -0.25) is 0 Å². The lowest BCUT2D eigenvalue weighted by Crippen LogP contribution is -2.38. The molecule has 2 N–H and O–H groups in total. The van der Waals surface area contributed by atoms with Crippen LogP contribution >= 0.6 is 12.2 Å². The topological polar surface area (TPSA) is 49.8 Å². The minimum Gasteiger partial charge on any atom is -0.360 e. The Hall–Kier alpha value is -1.23. The molecule has 5 heteroatoms. The molecule has 1 saturated carbocycles. The molecule has 2 rings (SSSR count). The summed E-state index contributed by atoms with van der Waals surface area (Å²) in [5, 5.41) is 7.09. The zero-order valence-corrected chi connectivity index (χ0v) is 12.3. The minimum absolute atomic E-state index is 0.491. The van der Waals surface area contributed by atoms with Crippen LogP contribution in [-0.2, 0) is 0 Å². The molecule has 0 saturated heterocycles. The molecule has 4 nitrogen and oxygen atoms in total. The maximum Gasteiger partial charge on any atom is 0.229 e. The van der Waals surface area contributed by atoms with Gasteiger partial charge in [-0.15, -0.1) is 0 Å². The molecular formula is C14H22N4S. The van der Waals surface area contributed by atoms with Gasteiger partial charge in [-0.05, 0) is 38.0 Å².